The van der Waals surface area contributed by atoms with Gasteiger partial charge < -0.3 is 10.6 Å². The van der Waals surface area contributed by atoms with Crippen LogP contribution in [0.3, 0.4) is 0 Å². The molecule has 3 aromatic rings. The zero-order valence-corrected chi connectivity index (χ0v) is 20.2. The fourth-order valence-electron chi connectivity index (χ4n) is 4.38. The third kappa shape index (κ3) is 6.14. The summed E-state index contributed by atoms with van der Waals surface area (Å²) in [6.45, 7) is 6.03. The maximum Gasteiger partial charge on any atom is 0.232 e. The van der Waals surface area contributed by atoms with Crippen LogP contribution in [0.4, 0.5) is 11.6 Å². The number of carbonyl (C=O) groups is 1. The lowest BCUT2D eigenvalue weighted by molar-refractivity contribution is -0.117. The van der Waals surface area contributed by atoms with E-state index in [1.54, 1.807) is 12.4 Å². The molecule has 0 spiro atoms. The molecule has 0 radical (unpaired) electrons. The van der Waals surface area contributed by atoms with Crippen LogP contribution in [-0.2, 0) is 4.79 Å². The number of carbonyl (C=O) groups excluding carboxylic acids is 1. The molecule has 3 N–H and O–H groups in total. The van der Waals surface area contributed by atoms with Gasteiger partial charge in [-0.05, 0) is 57.3 Å². The molecule has 0 bridgehead atoms. The minimum Gasteiger partial charge on any atom is -0.365 e. The van der Waals surface area contributed by atoms with Crippen LogP contribution >= 0.6 is 0 Å². The standard InChI is InChI=1S/C27H33N7O/c1-19(27(35)31-25-16-23(32-33-25)20-9-10-20)21-7-6-8-22(15-21)24-17-28-18-26(30-24)29-11-2-3-12-34-13-4-5-14-34/h2-3,6-8,15-20H,4-5,9-14H2,1H3,(H,29,30)(H2,31,32,33,35)/b3-2+. The Hall–Kier alpha value is -3.52. The van der Waals surface area contributed by atoms with Crippen LogP contribution in [0.2, 0.25) is 0 Å². The smallest absolute Gasteiger partial charge is 0.232 e. The van der Waals surface area contributed by atoms with Gasteiger partial charge in [0.25, 0.3) is 0 Å². The normalized spacial score (nSPS) is 17.1. The minimum absolute atomic E-state index is 0.0850. The summed E-state index contributed by atoms with van der Waals surface area (Å²) in [6, 6.07) is 9.86. The van der Waals surface area contributed by atoms with Gasteiger partial charge >= 0.3 is 0 Å². The first kappa shape index (κ1) is 23.2. The molecule has 1 unspecified atom stereocenters. The number of aromatic amines is 1. The number of amides is 1. The van der Waals surface area contributed by atoms with Gasteiger partial charge in [0.1, 0.15) is 5.82 Å². The lowest BCUT2D eigenvalue weighted by Crippen LogP contribution is -2.19. The summed E-state index contributed by atoms with van der Waals surface area (Å²) < 4.78 is 0. The third-order valence-electron chi connectivity index (χ3n) is 6.71. The van der Waals surface area contributed by atoms with Crippen LogP contribution in [0.25, 0.3) is 11.3 Å². The van der Waals surface area contributed by atoms with Crippen LogP contribution in [0.5, 0.6) is 0 Å². The molecule has 182 valence electrons. The topological polar surface area (TPSA) is 98.8 Å². The first-order valence-corrected chi connectivity index (χ1v) is 12.6. The van der Waals surface area contributed by atoms with E-state index in [2.05, 4.69) is 42.9 Å². The summed E-state index contributed by atoms with van der Waals surface area (Å²) in [6.07, 6.45) is 12.8. The monoisotopic (exact) mass is 471 g/mol. The molecule has 2 aliphatic rings. The highest BCUT2D eigenvalue weighted by atomic mass is 16.1. The van der Waals surface area contributed by atoms with Gasteiger partial charge in [-0.25, -0.2) is 4.98 Å². The zero-order valence-electron chi connectivity index (χ0n) is 20.2. The Balaban J connectivity index is 1.19. The number of nitrogens with one attached hydrogen (secondary N) is 3. The third-order valence-corrected chi connectivity index (χ3v) is 6.71. The molecule has 1 atom stereocenters. The molecule has 8 heteroatoms. The molecule has 2 aromatic heterocycles. The van der Waals surface area contributed by atoms with E-state index >= 15 is 0 Å². The Kier molecular flexibility index (Phi) is 7.18. The van der Waals surface area contributed by atoms with E-state index in [-0.39, 0.29) is 11.8 Å². The average Bonchev–Trinajstić information content (AvgIpc) is 3.40. The van der Waals surface area contributed by atoms with Crippen molar-refractivity contribution < 1.29 is 4.79 Å². The molecule has 1 saturated carbocycles. The van der Waals surface area contributed by atoms with Crippen molar-refractivity contribution in [3.8, 4) is 11.3 Å². The van der Waals surface area contributed by atoms with E-state index < -0.39 is 0 Å². The second-order valence-electron chi connectivity index (χ2n) is 9.47. The first-order chi connectivity index (χ1) is 17.2. The number of hydrogen-bond acceptors (Lipinski definition) is 6. The largest absolute Gasteiger partial charge is 0.365 e. The number of benzene rings is 1. The zero-order chi connectivity index (χ0) is 24.0. The number of hydrogen-bond donors (Lipinski definition) is 3. The Labute approximate surface area is 206 Å². The second kappa shape index (κ2) is 10.8. The molecule has 3 heterocycles. The van der Waals surface area contributed by atoms with E-state index in [0.29, 0.717) is 18.3 Å². The molecule has 1 aliphatic carbocycles. The summed E-state index contributed by atoms with van der Waals surface area (Å²) in [5.41, 5.74) is 3.72. The number of rotatable bonds is 10. The fraction of sp³-hybridized carbons (Fsp3) is 0.407. The highest BCUT2D eigenvalue weighted by Crippen LogP contribution is 2.39. The Morgan fingerprint density at radius 2 is 2.03 bits per heavy atom. The second-order valence-corrected chi connectivity index (χ2v) is 9.47. The summed E-state index contributed by atoms with van der Waals surface area (Å²) in [5.74, 6) is 1.47. The Morgan fingerprint density at radius 1 is 1.17 bits per heavy atom. The summed E-state index contributed by atoms with van der Waals surface area (Å²) in [5, 5.41) is 13.5. The van der Waals surface area contributed by atoms with E-state index in [1.165, 1.54) is 38.8 Å². The lowest BCUT2D eigenvalue weighted by Gasteiger charge is -2.13. The summed E-state index contributed by atoms with van der Waals surface area (Å²) >= 11 is 0. The predicted molar refractivity (Wildman–Crippen MR) is 138 cm³/mol. The van der Waals surface area contributed by atoms with Crippen molar-refractivity contribution in [2.24, 2.45) is 0 Å². The van der Waals surface area contributed by atoms with Gasteiger partial charge in [0.2, 0.25) is 5.91 Å². The number of H-pyrrole nitrogens is 1. The molecule has 35 heavy (non-hydrogen) atoms. The molecule has 5 rings (SSSR count). The number of likely N-dealkylation sites (tertiary alicyclic amines) is 1. The van der Waals surface area contributed by atoms with Gasteiger partial charge in [0.15, 0.2) is 5.82 Å². The highest BCUT2D eigenvalue weighted by Gasteiger charge is 2.26. The maximum atomic E-state index is 12.9. The van der Waals surface area contributed by atoms with Gasteiger partial charge in [-0.3, -0.25) is 19.8 Å². The van der Waals surface area contributed by atoms with Crippen LogP contribution in [0, 0.1) is 0 Å². The van der Waals surface area contributed by atoms with Gasteiger partial charge in [-0.1, -0.05) is 30.4 Å². The molecule has 1 aliphatic heterocycles. The van der Waals surface area contributed by atoms with Crippen molar-refractivity contribution in [1.29, 1.82) is 0 Å². The van der Waals surface area contributed by atoms with Gasteiger partial charge in [0.05, 0.1) is 24.0 Å². The van der Waals surface area contributed by atoms with Gasteiger partial charge in [0, 0.05) is 36.3 Å². The average molecular weight is 472 g/mol. The SMILES string of the molecule is CC(C(=O)Nc1cc(C2CC2)[nH]n1)c1cccc(-c2cncc(NC/C=C/CN3CCCC3)n2)c1. The highest BCUT2D eigenvalue weighted by molar-refractivity contribution is 5.95. The molecular formula is C27H33N7O. The molecular weight excluding hydrogens is 438 g/mol. The first-order valence-electron chi connectivity index (χ1n) is 12.6. The van der Waals surface area contributed by atoms with Crippen LogP contribution in [0.1, 0.15) is 55.7 Å². The van der Waals surface area contributed by atoms with Gasteiger partial charge in [-0.15, -0.1) is 0 Å². The number of nitrogens with zero attached hydrogens (tertiary/aromatic N) is 4. The minimum atomic E-state index is -0.328. The predicted octanol–water partition coefficient (Wildman–Crippen LogP) is 4.55. The van der Waals surface area contributed by atoms with Crippen molar-refractivity contribution in [3.63, 3.8) is 0 Å². The van der Waals surface area contributed by atoms with E-state index in [4.69, 9.17) is 4.98 Å². The molecule has 8 nitrogen and oxygen atoms in total. The Morgan fingerprint density at radius 3 is 2.86 bits per heavy atom. The van der Waals surface area contributed by atoms with Gasteiger partial charge in [-0.2, -0.15) is 5.10 Å². The molecule has 1 amide bonds. The Bertz CT molecular complexity index is 1180. The van der Waals surface area contributed by atoms with Crippen molar-refractivity contribution in [2.45, 2.75) is 44.4 Å². The summed E-state index contributed by atoms with van der Waals surface area (Å²) in [4.78, 5) is 24.4. The van der Waals surface area contributed by atoms with Crippen LogP contribution in [-0.4, -0.2) is 57.2 Å². The number of anilines is 2. The molecule has 1 aromatic carbocycles. The maximum absolute atomic E-state index is 12.9. The number of aromatic nitrogens is 4. The van der Waals surface area contributed by atoms with E-state index in [9.17, 15) is 4.79 Å². The molecule has 2 fully saturated rings. The van der Waals surface area contributed by atoms with Crippen molar-refractivity contribution in [1.82, 2.24) is 25.1 Å². The van der Waals surface area contributed by atoms with E-state index in [0.717, 1.165) is 34.9 Å². The van der Waals surface area contributed by atoms with Crippen LogP contribution < -0.4 is 10.6 Å². The quantitative estimate of drug-likeness (QED) is 0.375. The summed E-state index contributed by atoms with van der Waals surface area (Å²) in [7, 11) is 0. The fourth-order valence-corrected chi connectivity index (χ4v) is 4.38. The van der Waals surface area contributed by atoms with E-state index in [1.807, 2.05) is 37.3 Å². The van der Waals surface area contributed by atoms with Crippen LogP contribution in [0.15, 0.2) is 54.9 Å². The van der Waals surface area contributed by atoms with Crippen molar-refractivity contribution in [2.75, 3.05) is 36.8 Å². The lowest BCUT2D eigenvalue weighted by atomic mass is 9.97. The van der Waals surface area contributed by atoms with Crippen molar-refractivity contribution in [3.05, 3.63) is 66.1 Å². The van der Waals surface area contributed by atoms with Crippen molar-refractivity contribution >= 4 is 17.5 Å². The molecule has 1 saturated heterocycles.